The number of carbonyl (C=O) groups excluding carboxylic acids is 2. The fourth-order valence-electron chi connectivity index (χ4n) is 2.54. The van der Waals surface area contributed by atoms with Crippen LogP contribution in [0.3, 0.4) is 0 Å². The molecule has 0 fully saturated rings. The Hall–Kier alpha value is -1.99. The van der Waals surface area contributed by atoms with Crippen molar-refractivity contribution in [2.24, 2.45) is 0 Å². The monoisotopic (exact) mass is 366 g/mol. The van der Waals surface area contributed by atoms with Crippen LogP contribution in [-0.2, 0) is 6.54 Å². The Labute approximate surface area is 148 Å². The molecule has 0 atom stereocenters. The summed E-state index contributed by atoms with van der Waals surface area (Å²) in [6, 6.07) is 3.09. The van der Waals surface area contributed by atoms with Crippen LogP contribution in [0, 0.1) is 0 Å². The zero-order chi connectivity index (χ0) is 17.3. The largest absolute Gasteiger partial charge is 0.491 e. The van der Waals surface area contributed by atoms with Gasteiger partial charge >= 0.3 is 5.97 Å². The van der Waals surface area contributed by atoms with Crippen LogP contribution >= 0.6 is 23.4 Å². The standard InChI is InChI=1S/C16H15ClN2O4S/c1-3-19-12(4-6-18-19)23-16(21)9-8-10(17)14-13(15(9)24-2)11(20)5-7-22-14/h4,6,8H,3,5,7H2,1-2H3. The fraction of sp³-hybridized carbons (Fsp3) is 0.312. The molecule has 0 saturated heterocycles. The van der Waals surface area contributed by atoms with Gasteiger partial charge in [-0.2, -0.15) is 5.10 Å². The molecule has 0 amide bonds. The molecular formula is C16H15ClN2O4S. The molecule has 0 N–H and O–H groups in total. The van der Waals surface area contributed by atoms with Gasteiger partial charge in [0.15, 0.2) is 5.78 Å². The van der Waals surface area contributed by atoms with E-state index in [9.17, 15) is 9.59 Å². The Bertz CT molecular complexity index is 819. The molecule has 6 nitrogen and oxygen atoms in total. The molecule has 0 unspecified atom stereocenters. The number of nitrogens with zero attached hydrogens (tertiary/aromatic N) is 2. The van der Waals surface area contributed by atoms with Gasteiger partial charge in [0, 0.05) is 23.9 Å². The molecule has 2 heterocycles. The van der Waals surface area contributed by atoms with Crippen LogP contribution in [-0.4, -0.2) is 34.4 Å². The van der Waals surface area contributed by atoms with E-state index in [4.69, 9.17) is 21.1 Å². The van der Waals surface area contributed by atoms with Gasteiger partial charge in [-0.3, -0.25) is 4.79 Å². The number of Topliss-reactive ketones (excluding diaryl/α,β-unsaturated/α-hetero) is 1. The number of halogens is 1. The first-order chi connectivity index (χ1) is 11.6. The van der Waals surface area contributed by atoms with Crippen LogP contribution in [0.2, 0.25) is 5.02 Å². The predicted octanol–water partition coefficient (Wildman–Crippen LogP) is 3.46. The van der Waals surface area contributed by atoms with Crippen LogP contribution in [0.5, 0.6) is 11.6 Å². The fourth-order valence-corrected chi connectivity index (χ4v) is 3.57. The number of fused-ring (bicyclic) bond motifs is 1. The lowest BCUT2D eigenvalue weighted by Crippen LogP contribution is -2.20. The summed E-state index contributed by atoms with van der Waals surface area (Å²) in [4.78, 5) is 25.4. The molecule has 3 rings (SSSR count). The molecule has 24 heavy (non-hydrogen) atoms. The second kappa shape index (κ2) is 6.86. The van der Waals surface area contributed by atoms with Crippen molar-refractivity contribution in [1.29, 1.82) is 0 Å². The lowest BCUT2D eigenvalue weighted by atomic mass is 10.0. The third-order valence-corrected chi connectivity index (χ3v) is 4.75. The summed E-state index contributed by atoms with van der Waals surface area (Å²) in [5.41, 5.74) is 0.603. The number of hydrogen-bond donors (Lipinski definition) is 0. The van der Waals surface area contributed by atoms with Crippen molar-refractivity contribution in [2.75, 3.05) is 12.9 Å². The third kappa shape index (κ3) is 2.89. The highest BCUT2D eigenvalue weighted by molar-refractivity contribution is 7.98. The predicted molar refractivity (Wildman–Crippen MR) is 90.5 cm³/mol. The quantitative estimate of drug-likeness (QED) is 0.609. The highest BCUT2D eigenvalue weighted by Gasteiger charge is 2.30. The highest BCUT2D eigenvalue weighted by atomic mass is 35.5. The van der Waals surface area contributed by atoms with E-state index in [1.165, 1.54) is 17.8 Å². The average molecular weight is 367 g/mol. The number of ketones is 1. The van der Waals surface area contributed by atoms with Crippen molar-refractivity contribution < 1.29 is 19.1 Å². The molecule has 0 saturated carbocycles. The van der Waals surface area contributed by atoms with Crippen molar-refractivity contribution in [3.05, 3.63) is 34.5 Å². The Kier molecular flexibility index (Phi) is 4.82. The molecule has 0 radical (unpaired) electrons. The van der Waals surface area contributed by atoms with Gasteiger partial charge in [-0.25, -0.2) is 9.48 Å². The number of aryl methyl sites for hydroxylation is 1. The SMILES string of the molecule is CCn1nccc1OC(=O)c1cc(Cl)c2c(c1SC)C(=O)CCO2. The smallest absolute Gasteiger partial charge is 0.346 e. The van der Waals surface area contributed by atoms with Gasteiger partial charge in [0.05, 0.1) is 29.0 Å². The summed E-state index contributed by atoms with van der Waals surface area (Å²) in [6.07, 6.45) is 3.61. The summed E-state index contributed by atoms with van der Waals surface area (Å²) in [6.45, 7) is 2.75. The second-order valence-corrected chi connectivity index (χ2v) is 6.26. The molecule has 0 spiro atoms. The lowest BCUT2D eigenvalue weighted by Gasteiger charge is -2.21. The van der Waals surface area contributed by atoms with E-state index in [0.717, 1.165) is 0 Å². The number of aromatic nitrogens is 2. The minimum absolute atomic E-state index is 0.0873. The molecule has 0 bridgehead atoms. The average Bonchev–Trinajstić information content (AvgIpc) is 3.02. The first-order valence-electron chi connectivity index (χ1n) is 7.37. The van der Waals surface area contributed by atoms with Crippen molar-refractivity contribution >= 4 is 35.1 Å². The van der Waals surface area contributed by atoms with Crippen LogP contribution in [0.1, 0.15) is 34.1 Å². The van der Waals surface area contributed by atoms with Crippen molar-refractivity contribution in [2.45, 2.75) is 24.8 Å². The van der Waals surface area contributed by atoms with Gasteiger partial charge in [-0.05, 0) is 19.2 Å². The maximum atomic E-state index is 12.6. The molecule has 0 aliphatic carbocycles. The van der Waals surface area contributed by atoms with Gasteiger partial charge in [-0.1, -0.05) is 11.6 Å². The molecule has 126 valence electrons. The van der Waals surface area contributed by atoms with Crippen molar-refractivity contribution in [1.82, 2.24) is 9.78 Å². The Morgan fingerprint density at radius 2 is 2.33 bits per heavy atom. The summed E-state index contributed by atoms with van der Waals surface area (Å²) in [5, 5.41) is 4.29. The van der Waals surface area contributed by atoms with E-state index < -0.39 is 5.97 Å². The van der Waals surface area contributed by atoms with Gasteiger partial charge in [0.25, 0.3) is 0 Å². The molecule has 2 aromatic rings. The number of esters is 1. The second-order valence-electron chi connectivity index (χ2n) is 5.04. The van der Waals surface area contributed by atoms with E-state index in [1.54, 1.807) is 23.2 Å². The number of benzene rings is 1. The Morgan fingerprint density at radius 1 is 1.54 bits per heavy atom. The highest BCUT2D eigenvalue weighted by Crippen LogP contribution is 2.41. The molecule has 1 aliphatic heterocycles. The molecule has 1 aliphatic rings. The van der Waals surface area contributed by atoms with Crippen molar-refractivity contribution in [3.8, 4) is 11.6 Å². The Morgan fingerprint density at radius 3 is 3.04 bits per heavy atom. The number of thioether (sulfide) groups is 1. The maximum Gasteiger partial charge on any atom is 0.346 e. The minimum Gasteiger partial charge on any atom is -0.491 e. The maximum absolute atomic E-state index is 12.6. The summed E-state index contributed by atoms with van der Waals surface area (Å²) in [5.74, 6) is 0.00626. The van der Waals surface area contributed by atoms with Crippen LogP contribution < -0.4 is 9.47 Å². The zero-order valence-electron chi connectivity index (χ0n) is 13.2. The van der Waals surface area contributed by atoms with E-state index in [0.29, 0.717) is 35.2 Å². The Balaban J connectivity index is 2.04. The molecular weight excluding hydrogens is 352 g/mol. The number of ether oxygens (including phenoxy) is 2. The zero-order valence-corrected chi connectivity index (χ0v) is 14.7. The number of carbonyl (C=O) groups is 2. The normalized spacial score (nSPS) is 13.4. The third-order valence-electron chi connectivity index (χ3n) is 3.64. The van der Waals surface area contributed by atoms with Gasteiger partial charge in [0.1, 0.15) is 5.75 Å². The minimum atomic E-state index is -0.586. The van der Waals surface area contributed by atoms with E-state index >= 15 is 0 Å². The summed E-state index contributed by atoms with van der Waals surface area (Å²) in [7, 11) is 0. The first kappa shape index (κ1) is 16.9. The number of rotatable bonds is 4. The van der Waals surface area contributed by atoms with E-state index in [1.807, 2.05) is 6.92 Å². The lowest BCUT2D eigenvalue weighted by molar-refractivity contribution is 0.0714. The van der Waals surface area contributed by atoms with Gasteiger partial charge < -0.3 is 9.47 Å². The topological polar surface area (TPSA) is 70.4 Å². The number of hydrogen-bond acceptors (Lipinski definition) is 6. The van der Waals surface area contributed by atoms with Crippen LogP contribution in [0.25, 0.3) is 0 Å². The molecule has 8 heteroatoms. The van der Waals surface area contributed by atoms with Crippen molar-refractivity contribution in [3.63, 3.8) is 0 Å². The summed E-state index contributed by atoms with van der Waals surface area (Å²) >= 11 is 7.50. The molecule has 1 aromatic heterocycles. The van der Waals surface area contributed by atoms with Crippen LogP contribution in [0.4, 0.5) is 0 Å². The molecule has 1 aromatic carbocycles. The van der Waals surface area contributed by atoms with E-state index in [-0.39, 0.29) is 22.8 Å². The van der Waals surface area contributed by atoms with Gasteiger partial charge in [0.2, 0.25) is 5.88 Å². The van der Waals surface area contributed by atoms with Crippen LogP contribution in [0.15, 0.2) is 23.2 Å². The summed E-state index contributed by atoms with van der Waals surface area (Å²) < 4.78 is 12.5. The first-order valence-corrected chi connectivity index (χ1v) is 8.97. The van der Waals surface area contributed by atoms with E-state index in [2.05, 4.69) is 5.10 Å². The van der Waals surface area contributed by atoms with Gasteiger partial charge in [-0.15, -0.1) is 11.8 Å².